The maximum Gasteiger partial charge on any atom is 0.0464 e. The molecule has 1 N–H and O–H groups in total. The van der Waals surface area contributed by atoms with Gasteiger partial charge in [-0.05, 0) is 49.2 Å². The van der Waals surface area contributed by atoms with Crippen molar-refractivity contribution in [1.82, 2.24) is 5.32 Å². The van der Waals surface area contributed by atoms with Gasteiger partial charge in [0.15, 0.2) is 0 Å². The van der Waals surface area contributed by atoms with Crippen LogP contribution >= 0.6 is 39.1 Å². The van der Waals surface area contributed by atoms with Gasteiger partial charge in [0.2, 0.25) is 0 Å². The summed E-state index contributed by atoms with van der Waals surface area (Å²) in [7, 11) is 0. The van der Waals surface area contributed by atoms with Crippen LogP contribution in [0.25, 0.3) is 0 Å². The van der Waals surface area contributed by atoms with E-state index in [2.05, 4.69) is 35.1 Å². The summed E-state index contributed by atoms with van der Waals surface area (Å²) < 4.78 is 0.990. The van der Waals surface area contributed by atoms with Crippen LogP contribution in [-0.4, -0.2) is 0 Å². The first-order chi connectivity index (χ1) is 9.47. The number of hydrogen-bond donors (Lipinski definition) is 1. The molecule has 0 aliphatic heterocycles. The van der Waals surface area contributed by atoms with Crippen LogP contribution in [0.4, 0.5) is 0 Å². The fourth-order valence-corrected chi connectivity index (χ4v) is 3.13. The second kappa shape index (κ2) is 6.95. The van der Waals surface area contributed by atoms with Crippen molar-refractivity contribution in [2.75, 3.05) is 0 Å². The Balaban J connectivity index is 2.10. The van der Waals surface area contributed by atoms with E-state index in [9.17, 15) is 0 Å². The lowest BCUT2D eigenvalue weighted by Crippen LogP contribution is -2.22. The molecule has 1 unspecified atom stereocenters. The van der Waals surface area contributed by atoms with E-state index in [0.717, 1.165) is 20.1 Å². The Bertz CT molecular complexity index is 584. The Kier molecular flexibility index (Phi) is 5.50. The third-order valence-electron chi connectivity index (χ3n) is 3.30. The smallest absolute Gasteiger partial charge is 0.0464 e. The maximum atomic E-state index is 6.29. The molecule has 106 valence electrons. The van der Waals surface area contributed by atoms with Crippen molar-refractivity contribution in [3.63, 3.8) is 0 Å². The predicted octanol–water partition coefficient (Wildman–Crippen LogP) is 6.17. The van der Waals surface area contributed by atoms with Gasteiger partial charge in [0.05, 0.1) is 0 Å². The van der Waals surface area contributed by atoms with Crippen LogP contribution in [0.15, 0.2) is 46.9 Å². The zero-order valence-corrected chi connectivity index (χ0v) is 14.4. The molecular weight excluding hydrogens is 357 g/mol. The lowest BCUT2D eigenvalue weighted by molar-refractivity contribution is 0.495. The third-order valence-corrected chi connectivity index (χ3v) is 4.37. The summed E-state index contributed by atoms with van der Waals surface area (Å²) >= 11 is 15.6. The topological polar surface area (TPSA) is 12.0 Å². The highest BCUT2D eigenvalue weighted by Crippen LogP contribution is 2.28. The van der Waals surface area contributed by atoms with Crippen LogP contribution in [0.5, 0.6) is 0 Å². The molecule has 2 rings (SSSR count). The number of halogens is 3. The summed E-state index contributed by atoms with van der Waals surface area (Å²) in [6, 6.07) is 14.3. The molecule has 0 heterocycles. The van der Waals surface area contributed by atoms with E-state index in [4.69, 9.17) is 23.2 Å². The second-order valence-electron chi connectivity index (χ2n) is 4.83. The average Bonchev–Trinajstić information content (AvgIpc) is 2.39. The fraction of sp³-hybridized carbons (Fsp3) is 0.250. The Hall–Kier alpha value is -0.540. The molecule has 2 aromatic carbocycles. The first-order valence-corrected chi connectivity index (χ1v) is 7.98. The van der Waals surface area contributed by atoms with E-state index >= 15 is 0 Å². The highest BCUT2D eigenvalue weighted by atomic mass is 79.9. The van der Waals surface area contributed by atoms with Crippen LogP contribution < -0.4 is 5.32 Å². The molecule has 0 saturated heterocycles. The van der Waals surface area contributed by atoms with Crippen molar-refractivity contribution >= 4 is 39.1 Å². The van der Waals surface area contributed by atoms with Crippen molar-refractivity contribution in [1.29, 1.82) is 0 Å². The molecule has 0 aliphatic carbocycles. The van der Waals surface area contributed by atoms with E-state index in [1.54, 1.807) is 0 Å². The maximum absolute atomic E-state index is 6.29. The zero-order valence-electron chi connectivity index (χ0n) is 11.3. The SMILES string of the molecule is CC(N[C@@H](C)c1ccc(Cl)cc1)c1ccc(Br)cc1Cl. The quantitative estimate of drug-likeness (QED) is 0.676. The Morgan fingerprint density at radius 3 is 2.20 bits per heavy atom. The number of nitrogens with one attached hydrogen (secondary N) is 1. The van der Waals surface area contributed by atoms with Crippen molar-refractivity contribution < 1.29 is 0 Å². The first-order valence-electron chi connectivity index (χ1n) is 6.44. The molecule has 0 radical (unpaired) electrons. The first kappa shape index (κ1) is 15.8. The second-order valence-corrected chi connectivity index (χ2v) is 6.59. The summed E-state index contributed by atoms with van der Waals surface area (Å²) in [5.41, 5.74) is 2.30. The van der Waals surface area contributed by atoms with E-state index in [1.807, 2.05) is 42.5 Å². The zero-order chi connectivity index (χ0) is 14.7. The van der Waals surface area contributed by atoms with Gasteiger partial charge in [-0.3, -0.25) is 0 Å². The van der Waals surface area contributed by atoms with Gasteiger partial charge in [0, 0.05) is 26.6 Å². The van der Waals surface area contributed by atoms with Gasteiger partial charge in [-0.1, -0.05) is 57.3 Å². The number of benzene rings is 2. The third kappa shape index (κ3) is 3.98. The van der Waals surface area contributed by atoms with E-state index in [-0.39, 0.29) is 12.1 Å². The summed E-state index contributed by atoms with van der Waals surface area (Å²) in [5.74, 6) is 0. The summed E-state index contributed by atoms with van der Waals surface area (Å²) in [4.78, 5) is 0. The normalized spacial score (nSPS) is 14.1. The minimum atomic E-state index is 0.168. The summed E-state index contributed by atoms with van der Waals surface area (Å²) in [5, 5.41) is 5.07. The van der Waals surface area contributed by atoms with Crippen LogP contribution in [0.2, 0.25) is 10.0 Å². The van der Waals surface area contributed by atoms with Crippen molar-refractivity contribution in [2.24, 2.45) is 0 Å². The molecule has 0 bridgehead atoms. The number of hydrogen-bond acceptors (Lipinski definition) is 1. The van der Waals surface area contributed by atoms with Gasteiger partial charge in [-0.25, -0.2) is 0 Å². The van der Waals surface area contributed by atoms with Gasteiger partial charge in [0.1, 0.15) is 0 Å². The molecule has 4 heteroatoms. The van der Waals surface area contributed by atoms with Crippen LogP contribution in [0.1, 0.15) is 37.1 Å². The van der Waals surface area contributed by atoms with Crippen molar-refractivity contribution in [3.05, 3.63) is 68.1 Å². The van der Waals surface area contributed by atoms with Crippen LogP contribution in [0, 0.1) is 0 Å². The monoisotopic (exact) mass is 371 g/mol. The molecule has 0 saturated carbocycles. The molecule has 0 amide bonds. The minimum Gasteiger partial charge on any atom is -0.304 e. The molecular formula is C16H16BrCl2N. The van der Waals surface area contributed by atoms with Crippen LogP contribution in [0.3, 0.4) is 0 Å². The Labute approximate surface area is 138 Å². The Morgan fingerprint density at radius 1 is 0.950 bits per heavy atom. The van der Waals surface area contributed by atoms with Crippen LogP contribution in [-0.2, 0) is 0 Å². The molecule has 0 spiro atoms. The molecule has 1 nitrogen and oxygen atoms in total. The minimum absolute atomic E-state index is 0.168. The lowest BCUT2D eigenvalue weighted by atomic mass is 10.0. The summed E-state index contributed by atoms with van der Waals surface area (Å²) in [6.45, 7) is 4.24. The Morgan fingerprint density at radius 2 is 1.60 bits per heavy atom. The molecule has 2 aromatic rings. The highest BCUT2D eigenvalue weighted by molar-refractivity contribution is 9.10. The van der Waals surface area contributed by atoms with Gasteiger partial charge in [0.25, 0.3) is 0 Å². The predicted molar refractivity (Wildman–Crippen MR) is 90.6 cm³/mol. The average molecular weight is 373 g/mol. The van der Waals surface area contributed by atoms with Crippen molar-refractivity contribution in [2.45, 2.75) is 25.9 Å². The lowest BCUT2D eigenvalue weighted by Gasteiger charge is -2.21. The van der Waals surface area contributed by atoms with E-state index < -0.39 is 0 Å². The highest BCUT2D eigenvalue weighted by Gasteiger charge is 2.13. The molecule has 20 heavy (non-hydrogen) atoms. The van der Waals surface area contributed by atoms with Gasteiger partial charge >= 0.3 is 0 Å². The largest absolute Gasteiger partial charge is 0.304 e. The molecule has 0 fully saturated rings. The fourth-order valence-electron chi connectivity index (χ4n) is 2.17. The van der Waals surface area contributed by atoms with Gasteiger partial charge in [-0.2, -0.15) is 0 Å². The number of rotatable bonds is 4. The molecule has 2 atom stereocenters. The summed E-state index contributed by atoms with van der Waals surface area (Å²) in [6.07, 6.45) is 0. The van der Waals surface area contributed by atoms with Gasteiger partial charge < -0.3 is 5.32 Å². The standard InChI is InChI=1S/C16H16BrCl2N/c1-10(12-3-6-14(18)7-4-12)20-11(2)15-8-5-13(17)9-16(15)19/h3-11,20H,1-2H3/t10-,11?/m0/s1. The van der Waals surface area contributed by atoms with Crippen molar-refractivity contribution in [3.8, 4) is 0 Å². The molecule has 0 aromatic heterocycles. The van der Waals surface area contributed by atoms with E-state index in [1.165, 1.54) is 5.56 Å². The molecule has 0 aliphatic rings. The van der Waals surface area contributed by atoms with E-state index in [0.29, 0.717) is 0 Å². The van der Waals surface area contributed by atoms with Gasteiger partial charge in [-0.15, -0.1) is 0 Å².